The van der Waals surface area contributed by atoms with Crippen LogP contribution in [0.4, 0.5) is 0 Å². The van der Waals surface area contributed by atoms with Crippen molar-refractivity contribution in [1.29, 1.82) is 0 Å². The lowest BCUT2D eigenvalue weighted by molar-refractivity contribution is 0.669. The van der Waals surface area contributed by atoms with E-state index in [1.165, 1.54) is 0 Å². The number of rotatable bonds is 4. The molecule has 44 heavy (non-hydrogen) atoms. The van der Waals surface area contributed by atoms with Gasteiger partial charge in [-0.05, 0) is 82.9 Å². The highest BCUT2D eigenvalue weighted by Crippen LogP contribution is 2.39. The molecule has 3 aromatic heterocycles. The van der Waals surface area contributed by atoms with Crippen molar-refractivity contribution in [3.63, 3.8) is 0 Å². The van der Waals surface area contributed by atoms with E-state index in [1.807, 2.05) is 24.4 Å². The van der Waals surface area contributed by atoms with Gasteiger partial charge in [0.1, 0.15) is 17.0 Å². The fraction of sp³-hybridized carbons (Fsp3) is 0. The fourth-order valence-electron chi connectivity index (χ4n) is 6.36. The Balaban J connectivity index is 1.15. The second-order valence-electron chi connectivity index (χ2n) is 11.1. The van der Waals surface area contributed by atoms with Crippen LogP contribution < -0.4 is 0 Å². The zero-order chi connectivity index (χ0) is 29.0. The average molecular weight is 564 g/mol. The van der Waals surface area contributed by atoms with Crippen LogP contribution in [-0.4, -0.2) is 14.5 Å². The Morgan fingerprint density at radius 2 is 1.32 bits per heavy atom. The Kier molecular flexibility index (Phi) is 5.47. The maximum atomic E-state index is 6.33. The maximum absolute atomic E-state index is 6.33. The number of aromatic nitrogens is 3. The van der Waals surface area contributed by atoms with Crippen LogP contribution in [0.2, 0.25) is 0 Å². The molecule has 3 heterocycles. The van der Waals surface area contributed by atoms with E-state index in [0.29, 0.717) is 0 Å². The fourth-order valence-corrected chi connectivity index (χ4v) is 6.36. The molecule has 9 aromatic rings. The number of hydrogen-bond acceptors (Lipinski definition) is 3. The molecule has 6 aromatic carbocycles. The molecule has 206 valence electrons. The van der Waals surface area contributed by atoms with Crippen LogP contribution in [0.3, 0.4) is 0 Å². The Bertz CT molecular complexity index is 2490. The summed E-state index contributed by atoms with van der Waals surface area (Å²) in [4.78, 5) is 9.53. The van der Waals surface area contributed by atoms with Crippen molar-refractivity contribution in [2.24, 2.45) is 0 Å². The van der Waals surface area contributed by atoms with Gasteiger partial charge in [-0.25, -0.2) is 4.98 Å². The van der Waals surface area contributed by atoms with Gasteiger partial charge in [0.05, 0.1) is 16.6 Å². The van der Waals surface area contributed by atoms with Gasteiger partial charge in [-0.1, -0.05) is 84.9 Å². The van der Waals surface area contributed by atoms with Crippen molar-refractivity contribution in [1.82, 2.24) is 14.5 Å². The van der Waals surface area contributed by atoms with Gasteiger partial charge in [0.15, 0.2) is 0 Å². The Morgan fingerprint density at radius 1 is 0.523 bits per heavy atom. The first-order valence-electron chi connectivity index (χ1n) is 14.7. The first-order chi connectivity index (χ1) is 21.8. The molecule has 9 rings (SSSR count). The van der Waals surface area contributed by atoms with E-state index in [4.69, 9.17) is 9.40 Å². The van der Waals surface area contributed by atoms with Crippen molar-refractivity contribution in [3.05, 3.63) is 152 Å². The molecular formula is C40H25N3O. The standard InChI is InChI=1S/C40H25N3O/c1-2-9-31(10-3-1)43-36-13-5-4-12-35(36)42-40(43)27-17-15-26(16-18-27)28-20-22-37-33(25-28)39-32(11-6-14-38(39)44-37)29-19-21-34-30(24-29)8-7-23-41-34/h1-25H. The minimum atomic E-state index is 0.881. The normalized spacial score (nSPS) is 11.6. The van der Waals surface area contributed by atoms with E-state index in [1.54, 1.807) is 0 Å². The summed E-state index contributed by atoms with van der Waals surface area (Å²) in [5.74, 6) is 0.926. The summed E-state index contributed by atoms with van der Waals surface area (Å²) in [5, 5.41) is 3.35. The lowest BCUT2D eigenvalue weighted by Crippen LogP contribution is -1.97. The predicted octanol–water partition coefficient (Wildman–Crippen LogP) is 10.5. The molecule has 4 nitrogen and oxygen atoms in total. The SMILES string of the molecule is c1ccc(-n2c(-c3ccc(-c4ccc5oc6cccc(-c7ccc8ncccc8c7)c6c5c4)cc3)nc3ccccc32)cc1. The second kappa shape index (κ2) is 9.79. The average Bonchev–Trinajstić information content (AvgIpc) is 3.67. The minimum Gasteiger partial charge on any atom is -0.456 e. The van der Waals surface area contributed by atoms with E-state index in [2.05, 4.69) is 137 Å². The number of pyridine rings is 1. The number of para-hydroxylation sites is 3. The minimum absolute atomic E-state index is 0.881. The molecular weight excluding hydrogens is 538 g/mol. The van der Waals surface area contributed by atoms with Gasteiger partial charge in [0.25, 0.3) is 0 Å². The number of nitrogens with zero attached hydrogens (tertiary/aromatic N) is 3. The smallest absolute Gasteiger partial charge is 0.145 e. The van der Waals surface area contributed by atoms with E-state index >= 15 is 0 Å². The van der Waals surface area contributed by atoms with Crippen LogP contribution in [0.15, 0.2) is 156 Å². The monoisotopic (exact) mass is 563 g/mol. The van der Waals surface area contributed by atoms with E-state index in [0.717, 1.165) is 83.2 Å². The Hall–Kier alpha value is -6.00. The Labute approximate surface area is 253 Å². The van der Waals surface area contributed by atoms with Gasteiger partial charge < -0.3 is 4.42 Å². The number of hydrogen-bond donors (Lipinski definition) is 0. The van der Waals surface area contributed by atoms with Crippen LogP contribution >= 0.6 is 0 Å². The molecule has 0 amide bonds. The van der Waals surface area contributed by atoms with Gasteiger partial charge in [-0.15, -0.1) is 0 Å². The summed E-state index contributed by atoms with van der Waals surface area (Å²) in [5.41, 5.74) is 11.6. The molecule has 0 aliphatic carbocycles. The second-order valence-corrected chi connectivity index (χ2v) is 11.1. The molecule has 0 fully saturated rings. The van der Waals surface area contributed by atoms with Crippen molar-refractivity contribution >= 4 is 43.9 Å². The molecule has 0 saturated carbocycles. The van der Waals surface area contributed by atoms with Crippen molar-refractivity contribution in [3.8, 4) is 39.3 Å². The first-order valence-corrected chi connectivity index (χ1v) is 14.7. The number of benzene rings is 6. The van der Waals surface area contributed by atoms with Crippen LogP contribution in [0.5, 0.6) is 0 Å². The maximum Gasteiger partial charge on any atom is 0.145 e. The predicted molar refractivity (Wildman–Crippen MR) is 180 cm³/mol. The summed E-state index contributed by atoms with van der Waals surface area (Å²) in [6.45, 7) is 0. The molecule has 0 aliphatic rings. The molecule has 0 aliphatic heterocycles. The van der Waals surface area contributed by atoms with Gasteiger partial charge in [0, 0.05) is 33.6 Å². The summed E-state index contributed by atoms with van der Waals surface area (Å²) in [6.07, 6.45) is 1.83. The van der Waals surface area contributed by atoms with Crippen molar-refractivity contribution < 1.29 is 4.42 Å². The van der Waals surface area contributed by atoms with Gasteiger partial charge in [-0.2, -0.15) is 0 Å². The zero-order valence-corrected chi connectivity index (χ0v) is 23.7. The highest BCUT2D eigenvalue weighted by Gasteiger charge is 2.16. The third-order valence-electron chi connectivity index (χ3n) is 8.46. The van der Waals surface area contributed by atoms with Crippen LogP contribution in [-0.2, 0) is 0 Å². The number of imidazole rings is 1. The highest BCUT2D eigenvalue weighted by atomic mass is 16.3. The third-order valence-corrected chi connectivity index (χ3v) is 8.46. The Morgan fingerprint density at radius 3 is 2.23 bits per heavy atom. The molecule has 0 saturated heterocycles. The number of fused-ring (bicyclic) bond motifs is 5. The van der Waals surface area contributed by atoms with Gasteiger partial charge >= 0.3 is 0 Å². The molecule has 0 N–H and O–H groups in total. The summed E-state index contributed by atoms with van der Waals surface area (Å²) < 4.78 is 8.57. The summed E-state index contributed by atoms with van der Waals surface area (Å²) >= 11 is 0. The molecule has 0 unspecified atom stereocenters. The molecule has 0 bridgehead atoms. The topological polar surface area (TPSA) is 43.9 Å². The highest BCUT2D eigenvalue weighted by molar-refractivity contribution is 6.13. The largest absolute Gasteiger partial charge is 0.456 e. The lowest BCUT2D eigenvalue weighted by Gasteiger charge is -2.10. The van der Waals surface area contributed by atoms with Crippen molar-refractivity contribution in [2.75, 3.05) is 0 Å². The third kappa shape index (κ3) is 3.92. The number of furan rings is 1. The van der Waals surface area contributed by atoms with E-state index in [-0.39, 0.29) is 0 Å². The molecule has 0 atom stereocenters. The summed E-state index contributed by atoms with van der Waals surface area (Å²) in [6, 6.07) is 50.7. The van der Waals surface area contributed by atoms with Crippen LogP contribution in [0, 0.1) is 0 Å². The zero-order valence-electron chi connectivity index (χ0n) is 23.7. The first kappa shape index (κ1) is 24.6. The van der Waals surface area contributed by atoms with Gasteiger partial charge in [0.2, 0.25) is 0 Å². The van der Waals surface area contributed by atoms with Crippen molar-refractivity contribution in [2.45, 2.75) is 0 Å². The molecule has 0 spiro atoms. The van der Waals surface area contributed by atoms with E-state index in [9.17, 15) is 0 Å². The molecule has 4 heteroatoms. The van der Waals surface area contributed by atoms with E-state index < -0.39 is 0 Å². The summed E-state index contributed by atoms with van der Waals surface area (Å²) in [7, 11) is 0. The molecule has 0 radical (unpaired) electrons. The van der Waals surface area contributed by atoms with Crippen LogP contribution in [0.1, 0.15) is 0 Å². The quantitative estimate of drug-likeness (QED) is 0.214. The van der Waals surface area contributed by atoms with Crippen LogP contribution in [0.25, 0.3) is 83.2 Å². The van der Waals surface area contributed by atoms with Gasteiger partial charge in [-0.3, -0.25) is 9.55 Å². The lowest BCUT2D eigenvalue weighted by atomic mass is 9.96.